The molecule has 19 heavy (non-hydrogen) atoms. The van der Waals surface area contributed by atoms with Crippen LogP contribution >= 0.6 is 0 Å². The van der Waals surface area contributed by atoms with Crippen molar-refractivity contribution in [3.63, 3.8) is 0 Å². The number of rotatable bonds is 4. The van der Waals surface area contributed by atoms with Crippen LogP contribution in [0.3, 0.4) is 0 Å². The van der Waals surface area contributed by atoms with E-state index in [1.807, 2.05) is 6.07 Å². The molecular formula is C15H16N2O2. The Bertz CT molecular complexity index is 577. The molecule has 0 aliphatic heterocycles. The van der Waals surface area contributed by atoms with Gasteiger partial charge in [0.25, 0.3) is 0 Å². The maximum absolute atomic E-state index is 10.8. The highest BCUT2D eigenvalue weighted by Crippen LogP contribution is 2.16. The molecule has 0 radical (unpaired) electrons. The van der Waals surface area contributed by atoms with Gasteiger partial charge in [0, 0.05) is 17.5 Å². The second-order valence-electron chi connectivity index (χ2n) is 4.85. The molecule has 4 nitrogen and oxygen atoms in total. The third-order valence-electron chi connectivity index (χ3n) is 2.72. The monoisotopic (exact) mass is 256 g/mol. The van der Waals surface area contributed by atoms with E-state index in [0.29, 0.717) is 11.7 Å². The summed E-state index contributed by atoms with van der Waals surface area (Å²) in [6.45, 7) is 4.28. The fourth-order valence-corrected chi connectivity index (χ4v) is 1.83. The minimum atomic E-state index is -0.930. The molecule has 0 fully saturated rings. The predicted molar refractivity (Wildman–Crippen MR) is 73.0 cm³/mol. The molecule has 0 bridgehead atoms. The summed E-state index contributed by atoms with van der Waals surface area (Å²) in [5, 5.41) is 8.86. The lowest BCUT2D eigenvalue weighted by atomic mass is 10.1. The van der Waals surface area contributed by atoms with Crippen molar-refractivity contribution >= 4 is 5.97 Å². The number of carboxylic acid groups (broad SMARTS) is 1. The largest absolute Gasteiger partial charge is 0.478 e. The summed E-state index contributed by atoms with van der Waals surface area (Å²) in [5.74, 6) is 0.244. The van der Waals surface area contributed by atoms with Gasteiger partial charge in [0.15, 0.2) is 5.82 Å². The molecule has 0 aliphatic rings. The molecule has 2 aromatic rings. The SMILES string of the molecule is CC(C)Cc1ccnc(-c2ccc(C(=O)O)cc2)n1. The van der Waals surface area contributed by atoms with Gasteiger partial charge >= 0.3 is 5.97 Å². The van der Waals surface area contributed by atoms with Crippen LogP contribution in [0.4, 0.5) is 0 Å². The number of hydrogen-bond donors (Lipinski definition) is 1. The number of aromatic carboxylic acids is 1. The lowest BCUT2D eigenvalue weighted by Crippen LogP contribution is -2.00. The Kier molecular flexibility index (Phi) is 3.90. The van der Waals surface area contributed by atoms with Crippen molar-refractivity contribution in [2.24, 2.45) is 5.92 Å². The molecule has 98 valence electrons. The molecule has 1 N–H and O–H groups in total. The molecule has 4 heteroatoms. The first-order valence-corrected chi connectivity index (χ1v) is 6.22. The normalized spacial score (nSPS) is 10.7. The average Bonchev–Trinajstić information content (AvgIpc) is 2.38. The molecule has 0 saturated heterocycles. The van der Waals surface area contributed by atoms with E-state index in [0.717, 1.165) is 17.7 Å². The zero-order chi connectivity index (χ0) is 13.8. The molecule has 0 aliphatic carbocycles. The summed E-state index contributed by atoms with van der Waals surface area (Å²) in [6.07, 6.45) is 2.65. The summed E-state index contributed by atoms with van der Waals surface area (Å²) < 4.78 is 0. The topological polar surface area (TPSA) is 63.1 Å². The standard InChI is InChI=1S/C15H16N2O2/c1-10(2)9-13-7-8-16-14(17-13)11-3-5-12(6-4-11)15(18)19/h3-8,10H,9H2,1-2H3,(H,18,19). The highest BCUT2D eigenvalue weighted by atomic mass is 16.4. The average molecular weight is 256 g/mol. The van der Waals surface area contributed by atoms with E-state index in [2.05, 4.69) is 23.8 Å². The quantitative estimate of drug-likeness (QED) is 0.913. The number of hydrogen-bond acceptors (Lipinski definition) is 3. The Balaban J connectivity index is 2.28. The van der Waals surface area contributed by atoms with Gasteiger partial charge in [-0.1, -0.05) is 26.0 Å². The summed E-state index contributed by atoms with van der Waals surface area (Å²) >= 11 is 0. The molecule has 0 saturated carbocycles. The number of carbonyl (C=O) groups is 1. The Morgan fingerprint density at radius 3 is 2.47 bits per heavy atom. The van der Waals surface area contributed by atoms with E-state index >= 15 is 0 Å². The van der Waals surface area contributed by atoms with Crippen LogP contribution in [0.25, 0.3) is 11.4 Å². The smallest absolute Gasteiger partial charge is 0.335 e. The Hall–Kier alpha value is -2.23. The molecule has 0 spiro atoms. The second kappa shape index (κ2) is 5.61. The predicted octanol–water partition coefficient (Wildman–Crippen LogP) is 3.04. The molecule has 1 aromatic heterocycles. The lowest BCUT2D eigenvalue weighted by Gasteiger charge is -2.06. The first-order chi connectivity index (χ1) is 9.06. The van der Waals surface area contributed by atoms with Gasteiger partial charge < -0.3 is 5.11 Å². The van der Waals surface area contributed by atoms with Crippen LogP contribution in [-0.2, 0) is 6.42 Å². The van der Waals surface area contributed by atoms with Crippen LogP contribution in [0.15, 0.2) is 36.5 Å². The van der Waals surface area contributed by atoms with Crippen molar-refractivity contribution in [2.45, 2.75) is 20.3 Å². The van der Waals surface area contributed by atoms with Gasteiger partial charge in [-0.05, 0) is 30.5 Å². The lowest BCUT2D eigenvalue weighted by molar-refractivity contribution is 0.0697. The number of nitrogens with zero attached hydrogens (tertiary/aromatic N) is 2. The van der Waals surface area contributed by atoms with Crippen LogP contribution in [-0.4, -0.2) is 21.0 Å². The van der Waals surface area contributed by atoms with Crippen molar-refractivity contribution in [1.29, 1.82) is 0 Å². The van der Waals surface area contributed by atoms with Crippen molar-refractivity contribution in [1.82, 2.24) is 9.97 Å². The van der Waals surface area contributed by atoms with Crippen molar-refractivity contribution in [3.05, 3.63) is 47.8 Å². The minimum absolute atomic E-state index is 0.266. The highest BCUT2D eigenvalue weighted by molar-refractivity contribution is 5.88. The van der Waals surface area contributed by atoms with Crippen molar-refractivity contribution in [3.8, 4) is 11.4 Å². The Labute approximate surface area is 112 Å². The molecular weight excluding hydrogens is 240 g/mol. The Morgan fingerprint density at radius 1 is 1.21 bits per heavy atom. The van der Waals surface area contributed by atoms with E-state index in [1.54, 1.807) is 30.5 Å². The first-order valence-electron chi connectivity index (χ1n) is 6.22. The molecule has 1 heterocycles. The number of aromatic nitrogens is 2. The molecule has 0 unspecified atom stereocenters. The fraction of sp³-hybridized carbons (Fsp3) is 0.267. The van der Waals surface area contributed by atoms with Crippen LogP contribution < -0.4 is 0 Å². The van der Waals surface area contributed by atoms with E-state index in [1.165, 1.54) is 0 Å². The zero-order valence-corrected chi connectivity index (χ0v) is 11.0. The fourth-order valence-electron chi connectivity index (χ4n) is 1.83. The van der Waals surface area contributed by atoms with E-state index in [9.17, 15) is 4.79 Å². The highest BCUT2D eigenvalue weighted by Gasteiger charge is 2.06. The maximum Gasteiger partial charge on any atom is 0.335 e. The molecule has 0 atom stereocenters. The van der Waals surface area contributed by atoms with Crippen molar-refractivity contribution < 1.29 is 9.90 Å². The van der Waals surface area contributed by atoms with Crippen LogP contribution in [0.5, 0.6) is 0 Å². The maximum atomic E-state index is 10.8. The van der Waals surface area contributed by atoms with Crippen molar-refractivity contribution in [2.75, 3.05) is 0 Å². The third-order valence-corrected chi connectivity index (χ3v) is 2.72. The zero-order valence-electron chi connectivity index (χ0n) is 11.0. The van der Waals surface area contributed by atoms with Gasteiger partial charge in [-0.3, -0.25) is 0 Å². The van der Waals surface area contributed by atoms with Crippen LogP contribution in [0.1, 0.15) is 29.9 Å². The minimum Gasteiger partial charge on any atom is -0.478 e. The Morgan fingerprint density at radius 2 is 1.89 bits per heavy atom. The van der Waals surface area contributed by atoms with Crippen LogP contribution in [0, 0.1) is 5.92 Å². The molecule has 0 amide bonds. The summed E-state index contributed by atoms with van der Waals surface area (Å²) in [5.41, 5.74) is 2.10. The van der Waals surface area contributed by atoms with Crippen LogP contribution in [0.2, 0.25) is 0 Å². The second-order valence-corrected chi connectivity index (χ2v) is 4.85. The van der Waals surface area contributed by atoms with Gasteiger partial charge in [-0.2, -0.15) is 0 Å². The summed E-state index contributed by atoms with van der Waals surface area (Å²) in [4.78, 5) is 19.5. The number of benzene rings is 1. The third kappa shape index (κ3) is 3.37. The van der Waals surface area contributed by atoms with Gasteiger partial charge in [0.2, 0.25) is 0 Å². The summed E-state index contributed by atoms with van der Waals surface area (Å²) in [6, 6.07) is 8.51. The summed E-state index contributed by atoms with van der Waals surface area (Å²) in [7, 11) is 0. The van der Waals surface area contributed by atoms with Gasteiger partial charge in [-0.25, -0.2) is 14.8 Å². The van der Waals surface area contributed by atoms with Gasteiger partial charge in [0.1, 0.15) is 0 Å². The molecule has 1 aromatic carbocycles. The van der Waals surface area contributed by atoms with E-state index < -0.39 is 5.97 Å². The van der Waals surface area contributed by atoms with Gasteiger partial charge in [0.05, 0.1) is 5.56 Å². The number of carboxylic acids is 1. The van der Waals surface area contributed by atoms with Gasteiger partial charge in [-0.15, -0.1) is 0 Å². The van der Waals surface area contributed by atoms with E-state index in [4.69, 9.17) is 5.11 Å². The molecule has 2 rings (SSSR count). The first kappa shape index (κ1) is 13.2. The van der Waals surface area contributed by atoms with E-state index in [-0.39, 0.29) is 5.56 Å².